The lowest BCUT2D eigenvalue weighted by atomic mass is 10.3. The number of nitrogens with one attached hydrogen (secondary N) is 4. The van der Waals surface area contributed by atoms with Gasteiger partial charge in [0.05, 0.1) is 9.79 Å². The van der Waals surface area contributed by atoms with Gasteiger partial charge in [0.1, 0.15) is 0 Å². The molecule has 2 aromatic carbocycles. The SMILES string of the molecule is CNS(=O)(=O)c1ccc(NC(=S)Nc2ccc(S(=O)(=O)Nc3ncccn3)cc2)cc1. The molecule has 4 N–H and O–H groups in total. The normalized spacial score (nSPS) is 11.5. The Morgan fingerprint density at radius 2 is 1.23 bits per heavy atom. The largest absolute Gasteiger partial charge is 0.332 e. The molecule has 0 fully saturated rings. The summed E-state index contributed by atoms with van der Waals surface area (Å²) in [6, 6.07) is 13.5. The van der Waals surface area contributed by atoms with Gasteiger partial charge in [-0.15, -0.1) is 0 Å². The molecule has 0 aliphatic rings. The number of anilines is 3. The van der Waals surface area contributed by atoms with Gasteiger partial charge in [0.25, 0.3) is 10.0 Å². The summed E-state index contributed by atoms with van der Waals surface area (Å²) in [7, 11) is -6.01. The van der Waals surface area contributed by atoms with E-state index in [1.807, 2.05) is 0 Å². The van der Waals surface area contributed by atoms with Crippen LogP contribution in [0, 0.1) is 0 Å². The maximum Gasteiger partial charge on any atom is 0.264 e. The lowest BCUT2D eigenvalue weighted by Gasteiger charge is -2.12. The highest BCUT2D eigenvalue weighted by atomic mass is 32.2. The summed E-state index contributed by atoms with van der Waals surface area (Å²) in [6.07, 6.45) is 2.86. The number of rotatable bonds is 7. The average molecular weight is 479 g/mol. The third-order valence-electron chi connectivity index (χ3n) is 3.91. The molecule has 0 amide bonds. The molecule has 0 atom stereocenters. The van der Waals surface area contributed by atoms with Crippen LogP contribution in [0.25, 0.3) is 0 Å². The molecule has 1 aromatic heterocycles. The zero-order valence-electron chi connectivity index (χ0n) is 16.1. The zero-order chi connectivity index (χ0) is 22.5. The molecule has 0 bridgehead atoms. The number of hydrogen-bond acceptors (Lipinski definition) is 7. The highest BCUT2D eigenvalue weighted by molar-refractivity contribution is 7.92. The highest BCUT2D eigenvalue weighted by Gasteiger charge is 2.15. The Morgan fingerprint density at radius 1 is 0.774 bits per heavy atom. The fraction of sp³-hybridized carbons (Fsp3) is 0.0556. The van der Waals surface area contributed by atoms with E-state index >= 15 is 0 Å². The molecule has 0 unspecified atom stereocenters. The molecule has 10 nitrogen and oxygen atoms in total. The first kappa shape index (κ1) is 22.6. The predicted molar refractivity (Wildman–Crippen MR) is 122 cm³/mol. The Labute approximate surface area is 185 Å². The second-order valence-corrected chi connectivity index (χ2v) is 9.99. The van der Waals surface area contributed by atoms with E-state index in [1.54, 1.807) is 30.3 Å². The molecular formula is C18H18N6O4S3. The standard InChI is InChI=1S/C18H18N6O4S3/c1-19-30(25,26)15-7-3-13(4-8-15)22-18(29)23-14-5-9-16(10-6-14)31(27,28)24-17-20-11-2-12-21-17/h2-12,19H,1H3,(H,20,21,24)(H2,22,23,29). The van der Waals surface area contributed by atoms with Crippen LogP contribution in [0.15, 0.2) is 76.8 Å². The van der Waals surface area contributed by atoms with Crippen LogP contribution < -0.4 is 20.1 Å². The van der Waals surface area contributed by atoms with Crippen molar-refractivity contribution in [3.05, 3.63) is 67.0 Å². The van der Waals surface area contributed by atoms with Crippen molar-refractivity contribution < 1.29 is 16.8 Å². The van der Waals surface area contributed by atoms with E-state index in [0.29, 0.717) is 11.4 Å². The number of thiocarbonyl (C=S) groups is 1. The second kappa shape index (κ2) is 9.34. The summed E-state index contributed by atoms with van der Waals surface area (Å²) in [5.74, 6) is -0.0244. The number of aromatic nitrogens is 2. The van der Waals surface area contributed by atoms with Crippen molar-refractivity contribution in [3.8, 4) is 0 Å². The van der Waals surface area contributed by atoms with Gasteiger partial charge >= 0.3 is 0 Å². The quantitative estimate of drug-likeness (QED) is 0.375. The molecule has 1 heterocycles. The first-order valence-corrected chi connectivity index (χ1v) is 12.1. The molecule has 162 valence electrons. The molecule has 0 saturated heterocycles. The summed E-state index contributed by atoms with van der Waals surface area (Å²) in [6.45, 7) is 0. The fourth-order valence-corrected chi connectivity index (χ4v) is 4.30. The molecule has 31 heavy (non-hydrogen) atoms. The van der Waals surface area contributed by atoms with E-state index in [9.17, 15) is 16.8 Å². The smallest absolute Gasteiger partial charge is 0.264 e. The Balaban J connectivity index is 1.62. The maximum atomic E-state index is 12.4. The third kappa shape index (κ3) is 5.95. The molecule has 3 rings (SSSR count). The highest BCUT2D eigenvalue weighted by Crippen LogP contribution is 2.18. The maximum absolute atomic E-state index is 12.4. The minimum Gasteiger partial charge on any atom is -0.332 e. The van der Waals surface area contributed by atoms with E-state index in [1.165, 1.54) is 43.7 Å². The topological polar surface area (TPSA) is 142 Å². The molecule has 13 heteroatoms. The summed E-state index contributed by atoms with van der Waals surface area (Å²) in [5, 5.41) is 6.09. The van der Waals surface area contributed by atoms with E-state index in [0.717, 1.165) is 0 Å². The van der Waals surface area contributed by atoms with Gasteiger partial charge in [-0.2, -0.15) is 0 Å². The second-order valence-electron chi connectivity index (χ2n) is 6.01. The average Bonchev–Trinajstić information content (AvgIpc) is 2.75. The van der Waals surface area contributed by atoms with Crippen LogP contribution in [0.1, 0.15) is 0 Å². The van der Waals surface area contributed by atoms with Crippen molar-refractivity contribution >= 4 is 54.7 Å². The van der Waals surface area contributed by atoms with Crippen LogP contribution >= 0.6 is 12.2 Å². The molecule has 0 aliphatic heterocycles. The zero-order valence-corrected chi connectivity index (χ0v) is 18.6. The molecule has 0 aliphatic carbocycles. The number of nitrogens with zero attached hydrogens (tertiary/aromatic N) is 2. The van der Waals surface area contributed by atoms with Crippen molar-refractivity contribution in [2.75, 3.05) is 22.4 Å². The number of sulfonamides is 2. The lowest BCUT2D eigenvalue weighted by Crippen LogP contribution is -2.20. The summed E-state index contributed by atoms with van der Waals surface area (Å²) in [5.41, 5.74) is 1.14. The molecule has 0 spiro atoms. The monoisotopic (exact) mass is 478 g/mol. The number of benzene rings is 2. The van der Waals surface area contributed by atoms with Crippen molar-refractivity contribution in [3.63, 3.8) is 0 Å². The van der Waals surface area contributed by atoms with Crippen molar-refractivity contribution in [1.82, 2.24) is 14.7 Å². The van der Waals surface area contributed by atoms with Gasteiger partial charge in [-0.3, -0.25) is 0 Å². The third-order valence-corrected chi connectivity index (χ3v) is 6.88. The van der Waals surface area contributed by atoms with Crippen LogP contribution in [0.3, 0.4) is 0 Å². The van der Waals surface area contributed by atoms with Crippen molar-refractivity contribution in [2.24, 2.45) is 0 Å². The van der Waals surface area contributed by atoms with E-state index in [-0.39, 0.29) is 20.9 Å². The Bertz CT molecular complexity index is 1260. The van der Waals surface area contributed by atoms with E-state index in [2.05, 4.69) is 30.0 Å². The van der Waals surface area contributed by atoms with Gasteiger partial charge in [-0.1, -0.05) is 0 Å². The number of hydrogen-bond donors (Lipinski definition) is 4. The van der Waals surface area contributed by atoms with Crippen LogP contribution in [0.4, 0.5) is 17.3 Å². The van der Waals surface area contributed by atoms with Crippen LogP contribution in [0.5, 0.6) is 0 Å². The van der Waals surface area contributed by atoms with Gasteiger partial charge in [-0.25, -0.2) is 36.2 Å². The lowest BCUT2D eigenvalue weighted by molar-refractivity contribution is 0.588. The molecular weight excluding hydrogens is 460 g/mol. The first-order valence-electron chi connectivity index (χ1n) is 8.71. The van der Waals surface area contributed by atoms with Crippen LogP contribution in [-0.4, -0.2) is 39.0 Å². The fourth-order valence-electron chi connectivity index (χ4n) is 2.38. The molecule has 0 saturated carbocycles. The summed E-state index contributed by atoms with van der Waals surface area (Å²) in [4.78, 5) is 7.83. The Morgan fingerprint density at radius 3 is 1.68 bits per heavy atom. The van der Waals surface area contributed by atoms with Crippen molar-refractivity contribution in [2.45, 2.75) is 9.79 Å². The Hall–Kier alpha value is -3.13. The van der Waals surface area contributed by atoms with Gasteiger partial charge in [-0.05, 0) is 73.9 Å². The summed E-state index contributed by atoms with van der Waals surface area (Å²) >= 11 is 5.24. The Kier molecular flexibility index (Phi) is 6.80. The predicted octanol–water partition coefficient (Wildman–Crippen LogP) is 1.99. The molecule has 3 aromatic rings. The van der Waals surface area contributed by atoms with Crippen LogP contribution in [0.2, 0.25) is 0 Å². The van der Waals surface area contributed by atoms with Gasteiger partial charge in [0, 0.05) is 23.8 Å². The van der Waals surface area contributed by atoms with Gasteiger partial charge < -0.3 is 10.6 Å². The summed E-state index contributed by atoms with van der Waals surface area (Å²) < 4.78 is 52.8. The first-order chi connectivity index (χ1) is 14.7. The minimum absolute atomic E-state index is 0.0244. The minimum atomic E-state index is -3.83. The van der Waals surface area contributed by atoms with Crippen molar-refractivity contribution in [1.29, 1.82) is 0 Å². The molecule has 0 radical (unpaired) electrons. The van der Waals surface area contributed by atoms with Gasteiger partial charge in [0.2, 0.25) is 16.0 Å². The van der Waals surface area contributed by atoms with E-state index in [4.69, 9.17) is 12.2 Å². The van der Waals surface area contributed by atoms with E-state index < -0.39 is 20.0 Å². The van der Waals surface area contributed by atoms with Gasteiger partial charge in [0.15, 0.2) is 5.11 Å². The van der Waals surface area contributed by atoms with Crippen LogP contribution in [-0.2, 0) is 20.0 Å².